The molecular formula is C15H22N2ORu. The third kappa shape index (κ3) is 3.88. The van der Waals surface area contributed by atoms with E-state index in [0.29, 0.717) is 0 Å². The zero-order chi connectivity index (χ0) is 13.8. The number of ether oxygens (including phenoxy) is 1. The van der Waals surface area contributed by atoms with Gasteiger partial charge in [0.25, 0.3) is 0 Å². The molecule has 1 aliphatic rings. The van der Waals surface area contributed by atoms with E-state index in [4.69, 9.17) is 4.74 Å². The molecule has 0 unspecified atom stereocenters. The Bertz CT molecular complexity index is 495. The van der Waals surface area contributed by atoms with E-state index in [0.717, 1.165) is 18.8 Å². The Balaban J connectivity index is 2.30. The van der Waals surface area contributed by atoms with Gasteiger partial charge in [-0.25, -0.2) is 0 Å². The van der Waals surface area contributed by atoms with E-state index in [1.807, 2.05) is 6.07 Å². The average Bonchev–Trinajstić information content (AvgIpc) is 2.68. The maximum atomic E-state index is 5.86. The second-order valence-electron chi connectivity index (χ2n) is 5.01. The van der Waals surface area contributed by atoms with Crippen LogP contribution in [0.15, 0.2) is 24.3 Å². The zero-order valence-corrected chi connectivity index (χ0v) is 13.8. The SMILES string of the molecule is CC(C)Oc1ccccc1[CH]=[Ru]=[C]1N(C)CCN1C. The molecule has 0 atom stereocenters. The summed E-state index contributed by atoms with van der Waals surface area (Å²) in [6.07, 6.45) is 0.217. The molecular weight excluding hydrogens is 325 g/mol. The van der Waals surface area contributed by atoms with E-state index in [9.17, 15) is 0 Å². The van der Waals surface area contributed by atoms with Crippen LogP contribution in [-0.2, 0) is 16.2 Å². The van der Waals surface area contributed by atoms with Crippen LogP contribution >= 0.6 is 0 Å². The minimum absolute atomic E-state index is 0.0770. The molecule has 2 rings (SSSR count). The Morgan fingerprint density at radius 1 is 1.16 bits per heavy atom. The molecule has 4 heteroatoms. The number of benzene rings is 1. The quantitative estimate of drug-likeness (QED) is 0.774. The van der Waals surface area contributed by atoms with Crippen LogP contribution < -0.4 is 4.74 Å². The molecule has 1 aromatic rings. The van der Waals surface area contributed by atoms with Gasteiger partial charge in [0, 0.05) is 0 Å². The van der Waals surface area contributed by atoms with Gasteiger partial charge in [0.1, 0.15) is 0 Å². The molecule has 106 valence electrons. The number of rotatable bonds is 3. The van der Waals surface area contributed by atoms with E-state index >= 15 is 0 Å². The van der Waals surface area contributed by atoms with Crippen LogP contribution in [0, 0.1) is 0 Å². The van der Waals surface area contributed by atoms with Gasteiger partial charge in [0.15, 0.2) is 0 Å². The van der Waals surface area contributed by atoms with Crippen LogP contribution in [0.2, 0.25) is 0 Å². The van der Waals surface area contributed by atoms with Crippen LogP contribution in [0.5, 0.6) is 5.75 Å². The van der Waals surface area contributed by atoms with Gasteiger partial charge >= 0.3 is 122 Å². The number of hydrogen-bond acceptors (Lipinski definition) is 3. The molecule has 1 fully saturated rings. The summed E-state index contributed by atoms with van der Waals surface area (Å²) in [5.41, 5.74) is 1.22. The van der Waals surface area contributed by atoms with Gasteiger partial charge in [-0.15, -0.1) is 0 Å². The van der Waals surface area contributed by atoms with Gasteiger partial charge in [-0.05, 0) is 0 Å². The standard InChI is InChI=1S/C10H12O.C5H10N2.Ru/c1-8(2)11-10-7-5-4-6-9(10)3;1-6-3-4-7(2)5-6;/h3-8H,1-2H3;3-4H2,1-2H3;. The minimum atomic E-state index is 0.0770. The summed E-state index contributed by atoms with van der Waals surface area (Å²) in [5, 5.41) is 0. The van der Waals surface area contributed by atoms with E-state index in [1.54, 1.807) is 0 Å². The van der Waals surface area contributed by atoms with Crippen molar-refractivity contribution in [2.75, 3.05) is 27.2 Å². The summed E-state index contributed by atoms with van der Waals surface area (Å²) >= 11 is 0.0770. The average molecular weight is 347 g/mol. The normalized spacial score (nSPS) is 17.2. The molecule has 1 heterocycles. The van der Waals surface area contributed by atoms with Crippen molar-refractivity contribution in [1.82, 2.24) is 9.80 Å². The molecule has 0 saturated carbocycles. The van der Waals surface area contributed by atoms with Crippen LogP contribution in [-0.4, -0.2) is 52.1 Å². The molecule has 1 aliphatic heterocycles. The van der Waals surface area contributed by atoms with E-state index in [-0.39, 0.29) is 22.3 Å². The number of likely N-dealkylation sites (N-methyl/N-ethyl adjacent to an activating group) is 2. The Kier molecular flexibility index (Phi) is 5.15. The van der Waals surface area contributed by atoms with Gasteiger partial charge in [-0.1, -0.05) is 0 Å². The Hall–Kier alpha value is -0.697. The molecule has 0 bridgehead atoms. The number of para-hydroxylation sites is 1. The summed E-state index contributed by atoms with van der Waals surface area (Å²) in [7, 11) is 4.36. The van der Waals surface area contributed by atoms with Crippen LogP contribution in [0.1, 0.15) is 19.4 Å². The molecule has 1 saturated heterocycles. The van der Waals surface area contributed by atoms with Crippen molar-refractivity contribution in [2.45, 2.75) is 20.0 Å². The topological polar surface area (TPSA) is 15.7 Å². The molecule has 19 heavy (non-hydrogen) atoms. The summed E-state index contributed by atoms with van der Waals surface area (Å²) in [4.78, 5) is 4.72. The first-order valence-electron chi connectivity index (χ1n) is 6.57. The van der Waals surface area contributed by atoms with Gasteiger partial charge in [-0.2, -0.15) is 0 Å². The first-order chi connectivity index (χ1) is 9.08. The van der Waals surface area contributed by atoms with Gasteiger partial charge in [-0.3, -0.25) is 0 Å². The van der Waals surface area contributed by atoms with E-state index < -0.39 is 0 Å². The van der Waals surface area contributed by atoms with Crippen molar-refractivity contribution in [2.24, 2.45) is 0 Å². The van der Waals surface area contributed by atoms with Crippen molar-refractivity contribution in [3.63, 3.8) is 0 Å². The molecule has 3 nitrogen and oxygen atoms in total. The first-order valence-corrected chi connectivity index (χ1v) is 8.44. The van der Waals surface area contributed by atoms with Crippen molar-refractivity contribution < 1.29 is 21.0 Å². The number of hydrogen-bond donors (Lipinski definition) is 0. The molecule has 0 amide bonds. The second-order valence-corrected chi connectivity index (χ2v) is 6.79. The van der Waals surface area contributed by atoms with Gasteiger partial charge in [0.2, 0.25) is 0 Å². The van der Waals surface area contributed by atoms with Crippen LogP contribution in [0.25, 0.3) is 0 Å². The summed E-state index contributed by atoms with van der Waals surface area (Å²) in [6.45, 7) is 6.41. The Morgan fingerprint density at radius 2 is 1.79 bits per heavy atom. The summed E-state index contributed by atoms with van der Waals surface area (Å²) in [5.74, 6) is 0.996. The fourth-order valence-corrected chi connectivity index (χ4v) is 4.02. The molecule has 0 aromatic heterocycles. The second kappa shape index (κ2) is 6.65. The van der Waals surface area contributed by atoms with E-state index in [2.05, 4.69) is 60.6 Å². The predicted molar refractivity (Wildman–Crippen MR) is 77.6 cm³/mol. The van der Waals surface area contributed by atoms with Crippen molar-refractivity contribution in [3.05, 3.63) is 29.8 Å². The third-order valence-electron chi connectivity index (χ3n) is 2.92. The van der Waals surface area contributed by atoms with Crippen molar-refractivity contribution in [1.29, 1.82) is 0 Å². The van der Waals surface area contributed by atoms with Gasteiger partial charge in [0.05, 0.1) is 0 Å². The van der Waals surface area contributed by atoms with Crippen LogP contribution in [0.4, 0.5) is 0 Å². The Morgan fingerprint density at radius 3 is 2.42 bits per heavy atom. The molecule has 0 radical (unpaired) electrons. The predicted octanol–water partition coefficient (Wildman–Crippen LogP) is 1.67. The third-order valence-corrected chi connectivity index (χ3v) is 5.48. The van der Waals surface area contributed by atoms with E-state index in [1.165, 1.54) is 9.92 Å². The molecule has 0 aliphatic carbocycles. The van der Waals surface area contributed by atoms with Crippen LogP contribution in [0.3, 0.4) is 0 Å². The van der Waals surface area contributed by atoms with Crippen molar-refractivity contribution in [3.8, 4) is 5.75 Å². The zero-order valence-electron chi connectivity index (χ0n) is 12.0. The fraction of sp³-hybridized carbons (Fsp3) is 0.467. The molecule has 0 spiro atoms. The maximum absolute atomic E-state index is 5.86. The van der Waals surface area contributed by atoms with Gasteiger partial charge < -0.3 is 0 Å². The Labute approximate surface area is 122 Å². The number of nitrogens with zero attached hydrogens (tertiary/aromatic N) is 2. The van der Waals surface area contributed by atoms with Crippen molar-refractivity contribution >= 4 is 8.96 Å². The fourth-order valence-electron chi connectivity index (χ4n) is 1.95. The molecule has 0 N–H and O–H groups in total. The summed E-state index contributed by atoms with van der Waals surface area (Å²) in [6, 6.07) is 8.30. The molecule has 1 aromatic carbocycles. The summed E-state index contributed by atoms with van der Waals surface area (Å²) < 4.78 is 9.67. The monoisotopic (exact) mass is 348 g/mol. The first kappa shape index (κ1) is 14.7.